The molecule has 1 aliphatic rings. The van der Waals surface area contributed by atoms with Crippen LogP contribution in [0, 0.1) is 5.92 Å². The quantitative estimate of drug-likeness (QED) is 0.879. The van der Waals surface area contributed by atoms with E-state index in [0.717, 1.165) is 50.4 Å². The highest BCUT2D eigenvalue weighted by molar-refractivity contribution is 5.92. The molecule has 0 radical (unpaired) electrons. The molecule has 4 nitrogen and oxygen atoms in total. The van der Waals surface area contributed by atoms with Crippen molar-refractivity contribution in [3.8, 4) is 5.75 Å². The van der Waals surface area contributed by atoms with Crippen molar-refractivity contribution in [2.75, 3.05) is 25.0 Å². The van der Waals surface area contributed by atoms with Crippen molar-refractivity contribution in [3.05, 3.63) is 24.3 Å². The van der Waals surface area contributed by atoms with E-state index in [4.69, 9.17) is 4.74 Å². The number of nitrogens with one attached hydrogen (secondary N) is 2. The number of carbonyl (C=O) groups excluding carboxylic acids is 1. The molecular weight excluding hydrogens is 276 g/mol. The van der Waals surface area contributed by atoms with Crippen molar-refractivity contribution >= 4 is 24.0 Å². The number of piperidine rings is 1. The first-order chi connectivity index (χ1) is 9.29. The van der Waals surface area contributed by atoms with E-state index >= 15 is 0 Å². The largest absolute Gasteiger partial charge is 0.494 e. The smallest absolute Gasteiger partial charge is 0.228 e. The molecule has 112 valence electrons. The van der Waals surface area contributed by atoms with Gasteiger partial charge in [-0.25, -0.2) is 0 Å². The number of carbonyl (C=O) groups is 1. The van der Waals surface area contributed by atoms with E-state index < -0.39 is 0 Å². The predicted molar refractivity (Wildman–Crippen MR) is 83.7 cm³/mol. The van der Waals surface area contributed by atoms with Crippen molar-refractivity contribution < 1.29 is 9.53 Å². The van der Waals surface area contributed by atoms with Crippen LogP contribution in [0.25, 0.3) is 0 Å². The van der Waals surface area contributed by atoms with Gasteiger partial charge in [0.2, 0.25) is 5.91 Å². The highest BCUT2D eigenvalue weighted by Crippen LogP contribution is 2.18. The van der Waals surface area contributed by atoms with Gasteiger partial charge in [-0.2, -0.15) is 0 Å². The Bertz CT molecular complexity index is 403. The normalized spacial score (nSPS) is 17.9. The zero-order valence-corrected chi connectivity index (χ0v) is 12.7. The molecule has 1 atom stereocenters. The molecule has 1 aliphatic heterocycles. The van der Waals surface area contributed by atoms with Crippen molar-refractivity contribution in [1.29, 1.82) is 0 Å². The minimum Gasteiger partial charge on any atom is -0.494 e. The molecule has 0 aliphatic carbocycles. The van der Waals surface area contributed by atoms with Crippen LogP contribution in [0.5, 0.6) is 5.75 Å². The zero-order chi connectivity index (χ0) is 13.5. The Morgan fingerprint density at radius 1 is 1.40 bits per heavy atom. The fraction of sp³-hybridized carbons (Fsp3) is 0.533. The third kappa shape index (κ3) is 5.02. The fourth-order valence-electron chi connectivity index (χ4n) is 2.17. The number of halogens is 1. The van der Waals surface area contributed by atoms with E-state index in [2.05, 4.69) is 17.6 Å². The Balaban J connectivity index is 0.00000200. The number of ether oxygens (including phenoxy) is 1. The molecule has 20 heavy (non-hydrogen) atoms. The third-order valence-electron chi connectivity index (χ3n) is 3.26. The van der Waals surface area contributed by atoms with E-state index in [1.54, 1.807) is 0 Å². The summed E-state index contributed by atoms with van der Waals surface area (Å²) in [5, 5.41) is 6.21. The van der Waals surface area contributed by atoms with Crippen LogP contribution < -0.4 is 15.4 Å². The molecular formula is C15H23ClN2O2. The zero-order valence-electron chi connectivity index (χ0n) is 11.9. The molecule has 5 heteroatoms. The molecule has 1 saturated heterocycles. The van der Waals surface area contributed by atoms with Gasteiger partial charge in [0.05, 0.1) is 12.5 Å². The topological polar surface area (TPSA) is 50.4 Å². The van der Waals surface area contributed by atoms with Crippen molar-refractivity contribution in [1.82, 2.24) is 5.32 Å². The van der Waals surface area contributed by atoms with Crippen LogP contribution in [0.4, 0.5) is 5.69 Å². The lowest BCUT2D eigenvalue weighted by atomic mass is 9.99. The van der Waals surface area contributed by atoms with Gasteiger partial charge in [-0.3, -0.25) is 4.79 Å². The molecule has 0 saturated carbocycles. The SMILES string of the molecule is CCCOc1ccc(NC(=O)[C@@H]2CCCNC2)cc1.Cl. The predicted octanol–water partition coefficient (Wildman–Crippen LogP) is 2.84. The van der Waals surface area contributed by atoms with Crippen LogP contribution in [0.2, 0.25) is 0 Å². The minimum absolute atomic E-state index is 0. The highest BCUT2D eigenvalue weighted by atomic mass is 35.5. The number of hydrogen-bond donors (Lipinski definition) is 2. The Morgan fingerprint density at radius 3 is 2.75 bits per heavy atom. The molecule has 1 heterocycles. The molecule has 0 unspecified atom stereocenters. The van der Waals surface area contributed by atoms with Crippen LogP contribution in [0.15, 0.2) is 24.3 Å². The summed E-state index contributed by atoms with van der Waals surface area (Å²) in [4.78, 5) is 12.0. The fourth-order valence-corrected chi connectivity index (χ4v) is 2.17. The van der Waals surface area contributed by atoms with Crippen LogP contribution in [0.3, 0.4) is 0 Å². The van der Waals surface area contributed by atoms with Crippen molar-refractivity contribution in [3.63, 3.8) is 0 Å². The average molecular weight is 299 g/mol. The van der Waals surface area contributed by atoms with Gasteiger partial charge in [0.15, 0.2) is 0 Å². The molecule has 1 aromatic carbocycles. The number of benzene rings is 1. The lowest BCUT2D eigenvalue weighted by molar-refractivity contribution is -0.120. The standard InChI is InChI=1S/C15H22N2O2.ClH/c1-2-10-19-14-7-5-13(6-8-14)17-15(18)12-4-3-9-16-11-12;/h5-8,12,16H,2-4,9-11H2,1H3,(H,17,18);1H/t12-;/m1./s1. The lowest BCUT2D eigenvalue weighted by Gasteiger charge is -2.21. The summed E-state index contributed by atoms with van der Waals surface area (Å²) in [5.74, 6) is 1.04. The van der Waals surface area contributed by atoms with Crippen molar-refractivity contribution in [2.24, 2.45) is 5.92 Å². The molecule has 2 N–H and O–H groups in total. The molecule has 1 aromatic rings. The van der Waals surface area contributed by atoms with Gasteiger partial charge in [-0.05, 0) is 50.1 Å². The van der Waals surface area contributed by atoms with Crippen LogP contribution >= 0.6 is 12.4 Å². The maximum absolute atomic E-state index is 12.0. The summed E-state index contributed by atoms with van der Waals surface area (Å²) in [6.45, 7) is 4.60. The average Bonchev–Trinajstić information content (AvgIpc) is 2.47. The summed E-state index contributed by atoms with van der Waals surface area (Å²) in [7, 11) is 0. The first kappa shape index (κ1) is 16.8. The first-order valence-corrected chi connectivity index (χ1v) is 7.04. The van der Waals surface area contributed by atoms with E-state index in [1.165, 1.54) is 0 Å². The summed E-state index contributed by atoms with van der Waals surface area (Å²) in [5.41, 5.74) is 0.833. The van der Waals surface area contributed by atoms with Crippen LogP contribution in [0.1, 0.15) is 26.2 Å². The van der Waals surface area contributed by atoms with Crippen molar-refractivity contribution in [2.45, 2.75) is 26.2 Å². The van der Waals surface area contributed by atoms with Gasteiger partial charge >= 0.3 is 0 Å². The van der Waals surface area contributed by atoms with Gasteiger partial charge in [0, 0.05) is 12.2 Å². The Morgan fingerprint density at radius 2 is 2.15 bits per heavy atom. The van der Waals surface area contributed by atoms with E-state index in [0.29, 0.717) is 0 Å². The second-order valence-electron chi connectivity index (χ2n) is 4.91. The molecule has 2 rings (SSSR count). The number of amides is 1. The summed E-state index contributed by atoms with van der Waals surface area (Å²) in [6.07, 6.45) is 3.03. The molecule has 0 aromatic heterocycles. The van der Waals surface area contributed by atoms with Gasteiger partial charge in [-0.15, -0.1) is 12.4 Å². The Hall–Kier alpha value is -1.26. The number of hydrogen-bond acceptors (Lipinski definition) is 3. The van der Waals surface area contributed by atoms with Gasteiger partial charge < -0.3 is 15.4 Å². The summed E-state index contributed by atoms with van der Waals surface area (Å²) < 4.78 is 5.51. The van der Waals surface area contributed by atoms with Crippen LogP contribution in [-0.4, -0.2) is 25.6 Å². The summed E-state index contributed by atoms with van der Waals surface area (Å²) >= 11 is 0. The van der Waals surface area contributed by atoms with E-state index in [1.807, 2.05) is 24.3 Å². The maximum atomic E-state index is 12.0. The minimum atomic E-state index is 0. The summed E-state index contributed by atoms with van der Waals surface area (Å²) in [6, 6.07) is 7.56. The molecule has 1 fully saturated rings. The van der Waals surface area contributed by atoms with E-state index in [9.17, 15) is 4.79 Å². The van der Waals surface area contributed by atoms with Gasteiger partial charge in [0.25, 0.3) is 0 Å². The molecule has 1 amide bonds. The third-order valence-corrected chi connectivity index (χ3v) is 3.26. The highest BCUT2D eigenvalue weighted by Gasteiger charge is 2.20. The Labute approximate surface area is 126 Å². The monoisotopic (exact) mass is 298 g/mol. The van der Waals surface area contributed by atoms with Crippen LogP contribution in [-0.2, 0) is 4.79 Å². The first-order valence-electron chi connectivity index (χ1n) is 7.04. The second-order valence-corrected chi connectivity index (χ2v) is 4.91. The maximum Gasteiger partial charge on any atom is 0.228 e. The second kappa shape index (κ2) is 8.82. The van der Waals surface area contributed by atoms with Gasteiger partial charge in [-0.1, -0.05) is 6.92 Å². The number of anilines is 1. The molecule has 0 spiro atoms. The Kier molecular flexibility index (Phi) is 7.41. The lowest BCUT2D eigenvalue weighted by Crippen LogP contribution is -2.37. The van der Waals surface area contributed by atoms with E-state index in [-0.39, 0.29) is 24.2 Å². The molecule has 0 bridgehead atoms. The number of rotatable bonds is 5. The van der Waals surface area contributed by atoms with Gasteiger partial charge in [0.1, 0.15) is 5.75 Å².